The van der Waals surface area contributed by atoms with Crippen LogP contribution in [0.15, 0.2) is 29.3 Å². The quantitative estimate of drug-likeness (QED) is 0.418. The first kappa shape index (κ1) is 17.9. The van der Waals surface area contributed by atoms with Gasteiger partial charge >= 0.3 is 0 Å². The molecule has 0 aliphatic heterocycles. The van der Waals surface area contributed by atoms with Crippen LogP contribution in [0.25, 0.3) is 0 Å². The lowest BCUT2D eigenvalue weighted by atomic mass is 10.1. The summed E-state index contributed by atoms with van der Waals surface area (Å²) in [5.74, 6) is 2.17. The van der Waals surface area contributed by atoms with Crippen molar-refractivity contribution in [2.24, 2.45) is 4.99 Å². The zero-order chi connectivity index (χ0) is 15.3. The first-order chi connectivity index (χ1) is 10.3. The van der Waals surface area contributed by atoms with Crippen LogP contribution in [-0.4, -0.2) is 37.6 Å². The Hall–Kier alpha value is -1.16. The van der Waals surface area contributed by atoms with E-state index < -0.39 is 0 Å². The van der Waals surface area contributed by atoms with Crippen molar-refractivity contribution in [3.05, 3.63) is 35.4 Å². The van der Waals surface area contributed by atoms with Gasteiger partial charge in [0.2, 0.25) is 0 Å². The van der Waals surface area contributed by atoms with Gasteiger partial charge < -0.3 is 10.6 Å². The van der Waals surface area contributed by atoms with Gasteiger partial charge in [-0.15, -0.1) is 0 Å². The van der Waals surface area contributed by atoms with Gasteiger partial charge in [0, 0.05) is 19.6 Å². The first-order valence-corrected chi connectivity index (χ1v) is 9.22. The third-order valence-electron chi connectivity index (χ3n) is 3.16. The molecule has 0 spiro atoms. The van der Waals surface area contributed by atoms with Crippen molar-refractivity contribution in [2.75, 3.05) is 31.6 Å². The molecule has 0 radical (unpaired) electrons. The van der Waals surface area contributed by atoms with Crippen molar-refractivity contribution in [1.29, 1.82) is 0 Å². The topological polar surface area (TPSA) is 36.4 Å². The van der Waals surface area contributed by atoms with Gasteiger partial charge in [0.1, 0.15) is 0 Å². The Morgan fingerprint density at radius 2 is 2.10 bits per heavy atom. The van der Waals surface area contributed by atoms with Crippen LogP contribution in [0, 0.1) is 6.92 Å². The summed E-state index contributed by atoms with van der Waals surface area (Å²) in [5, 5.41) is 6.72. The summed E-state index contributed by atoms with van der Waals surface area (Å²) in [5.41, 5.74) is 2.69. The molecule has 1 rings (SSSR count). The fourth-order valence-corrected chi connectivity index (χ4v) is 2.58. The first-order valence-electron chi connectivity index (χ1n) is 7.83. The Bertz CT molecular complexity index is 418. The SMILES string of the molecule is CCNC(=NCCCCSC)NCCc1cccc(C)c1. The predicted molar refractivity (Wildman–Crippen MR) is 96.5 cm³/mol. The molecule has 1 aromatic carbocycles. The minimum absolute atomic E-state index is 0.903. The summed E-state index contributed by atoms with van der Waals surface area (Å²) < 4.78 is 0. The summed E-state index contributed by atoms with van der Waals surface area (Å²) in [6, 6.07) is 8.68. The highest BCUT2D eigenvalue weighted by Crippen LogP contribution is 2.04. The van der Waals surface area contributed by atoms with E-state index in [1.807, 2.05) is 11.8 Å². The number of guanidine groups is 1. The lowest BCUT2D eigenvalue weighted by Crippen LogP contribution is -2.38. The minimum Gasteiger partial charge on any atom is -0.357 e. The maximum absolute atomic E-state index is 4.62. The fourth-order valence-electron chi connectivity index (χ4n) is 2.08. The Morgan fingerprint density at radius 1 is 1.24 bits per heavy atom. The highest BCUT2D eigenvalue weighted by Gasteiger charge is 1.98. The molecule has 0 saturated carbocycles. The lowest BCUT2D eigenvalue weighted by molar-refractivity contribution is 0.770. The molecule has 1 aromatic rings. The second kappa shape index (κ2) is 11.5. The number of unbranched alkanes of at least 4 members (excludes halogenated alkanes) is 1. The second-order valence-electron chi connectivity index (χ2n) is 5.13. The molecule has 0 heterocycles. The molecule has 2 N–H and O–H groups in total. The molecular weight excluding hydrogens is 278 g/mol. The van der Waals surface area contributed by atoms with Crippen molar-refractivity contribution in [3.8, 4) is 0 Å². The number of nitrogens with zero attached hydrogens (tertiary/aromatic N) is 1. The summed E-state index contributed by atoms with van der Waals surface area (Å²) in [7, 11) is 0. The highest BCUT2D eigenvalue weighted by molar-refractivity contribution is 7.98. The molecule has 118 valence electrons. The van der Waals surface area contributed by atoms with Gasteiger partial charge in [-0.25, -0.2) is 0 Å². The molecule has 0 amide bonds. The van der Waals surface area contributed by atoms with E-state index in [9.17, 15) is 0 Å². The molecular formula is C17H29N3S. The average Bonchev–Trinajstić information content (AvgIpc) is 2.47. The van der Waals surface area contributed by atoms with Crippen molar-refractivity contribution in [1.82, 2.24) is 10.6 Å². The maximum Gasteiger partial charge on any atom is 0.191 e. The summed E-state index contributed by atoms with van der Waals surface area (Å²) in [6.07, 6.45) is 5.58. The zero-order valence-corrected chi connectivity index (χ0v) is 14.4. The van der Waals surface area contributed by atoms with Crippen LogP contribution in [0.5, 0.6) is 0 Å². The van der Waals surface area contributed by atoms with Crippen molar-refractivity contribution < 1.29 is 0 Å². The molecule has 4 heteroatoms. The Kier molecular flexibility index (Phi) is 9.79. The van der Waals surface area contributed by atoms with Gasteiger partial charge in [-0.05, 0) is 50.7 Å². The summed E-state index contributed by atoms with van der Waals surface area (Å²) in [4.78, 5) is 4.62. The number of hydrogen-bond acceptors (Lipinski definition) is 2. The van der Waals surface area contributed by atoms with Gasteiger partial charge in [0.25, 0.3) is 0 Å². The van der Waals surface area contributed by atoms with Crippen LogP contribution in [0.1, 0.15) is 30.9 Å². The van der Waals surface area contributed by atoms with Crippen LogP contribution < -0.4 is 10.6 Å². The van der Waals surface area contributed by atoms with E-state index in [2.05, 4.69) is 60.0 Å². The number of hydrogen-bond donors (Lipinski definition) is 2. The van der Waals surface area contributed by atoms with Gasteiger partial charge in [0.15, 0.2) is 5.96 Å². The van der Waals surface area contributed by atoms with Gasteiger partial charge in [0.05, 0.1) is 0 Å². The zero-order valence-electron chi connectivity index (χ0n) is 13.6. The van der Waals surface area contributed by atoms with Gasteiger partial charge in [-0.3, -0.25) is 4.99 Å². The Balaban J connectivity index is 2.31. The molecule has 0 fully saturated rings. The normalized spacial score (nSPS) is 11.5. The lowest BCUT2D eigenvalue weighted by Gasteiger charge is -2.11. The summed E-state index contributed by atoms with van der Waals surface area (Å²) in [6.45, 7) is 6.96. The molecule has 0 saturated heterocycles. The van der Waals surface area contributed by atoms with Crippen molar-refractivity contribution in [3.63, 3.8) is 0 Å². The van der Waals surface area contributed by atoms with E-state index in [0.29, 0.717) is 0 Å². The Labute approximate surface area is 134 Å². The molecule has 3 nitrogen and oxygen atoms in total. The maximum atomic E-state index is 4.62. The third kappa shape index (κ3) is 8.66. The van der Waals surface area contributed by atoms with Crippen molar-refractivity contribution >= 4 is 17.7 Å². The molecule has 0 bridgehead atoms. The molecule has 0 aliphatic carbocycles. The largest absolute Gasteiger partial charge is 0.357 e. The third-order valence-corrected chi connectivity index (χ3v) is 3.86. The summed E-state index contributed by atoms with van der Waals surface area (Å²) >= 11 is 1.90. The number of thioether (sulfide) groups is 1. The number of aliphatic imine (C=N–C) groups is 1. The Morgan fingerprint density at radius 3 is 2.81 bits per heavy atom. The second-order valence-corrected chi connectivity index (χ2v) is 6.11. The van der Waals surface area contributed by atoms with E-state index in [-0.39, 0.29) is 0 Å². The smallest absolute Gasteiger partial charge is 0.191 e. The van der Waals surface area contributed by atoms with Crippen LogP contribution in [0.4, 0.5) is 0 Å². The van der Waals surface area contributed by atoms with Crippen LogP contribution in [0.3, 0.4) is 0 Å². The average molecular weight is 308 g/mol. The highest BCUT2D eigenvalue weighted by atomic mass is 32.2. The van der Waals surface area contributed by atoms with Crippen LogP contribution >= 0.6 is 11.8 Å². The monoisotopic (exact) mass is 307 g/mol. The molecule has 0 aromatic heterocycles. The van der Waals surface area contributed by atoms with E-state index in [4.69, 9.17) is 0 Å². The molecule has 21 heavy (non-hydrogen) atoms. The van der Waals surface area contributed by atoms with E-state index >= 15 is 0 Å². The number of benzene rings is 1. The van der Waals surface area contributed by atoms with E-state index in [1.165, 1.54) is 23.3 Å². The standard InChI is InChI=1S/C17H29N3S/c1-4-18-17(19-11-5-6-13-21-3)20-12-10-16-9-7-8-15(2)14-16/h7-9,14H,4-6,10-13H2,1-3H3,(H2,18,19,20). The minimum atomic E-state index is 0.903. The molecule has 0 unspecified atom stereocenters. The number of rotatable bonds is 9. The van der Waals surface area contributed by atoms with Crippen LogP contribution in [0.2, 0.25) is 0 Å². The fraction of sp³-hybridized carbons (Fsp3) is 0.588. The van der Waals surface area contributed by atoms with E-state index in [1.54, 1.807) is 0 Å². The van der Waals surface area contributed by atoms with Gasteiger partial charge in [-0.1, -0.05) is 29.8 Å². The van der Waals surface area contributed by atoms with E-state index in [0.717, 1.165) is 38.4 Å². The number of nitrogens with one attached hydrogen (secondary N) is 2. The van der Waals surface area contributed by atoms with Crippen molar-refractivity contribution in [2.45, 2.75) is 33.1 Å². The number of aryl methyl sites for hydroxylation is 1. The molecule has 0 aliphatic rings. The van der Waals surface area contributed by atoms with Crippen LogP contribution in [-0.2, 0) is 6.42 Å². The van der Waals surface area contributed by atoms with Gasteiger partial charge in [-0.2, -0.15) is 11.8 Å². The molecule has 0 atom stereocenters. The predicted octanol–water partition coefficient (Wildman–Crippen LogP) is 3.24.